The largest absolute Gasteiger partial charge is 0.497 e. The van der Waals surface area contributed by atoms with Crippen molar-refractivity contribution in [3.63, 3.8) is 0 Å². The van der Waals surface area contributed by atoms with Gasteiger partial charge in [0.25, 0.3) is 5.69 Å². The van der Waals surface area contributed by atoms with Crippen LogP contribution in [0.1, 0.15) is 36.2 Å². The van der Waals surface area contributed by atoms with Crippen LogP contribution in [0.3, 0.4) is 0 Å². The monoisotopic (exact) mass is 565 g/mol. The Labute approximate surface area is 236 Å². The highest BCUT2D eigenvalue weighted by molar-refractivity contribution is 6.01. The Bertz CT molecular complexity index is 1390. The van der Waals surface area contributed by atoms with E-state index in [2.05, 4.69) is 0 Å². The number of methoxy groups -OCH3 is 1. The average molecular weight is 566 g/mol. The zero-order chi connectivity index (χ0) is 29.4. The number of fused-ring (bicyclic) bond motifs is 1. The Morgan fingerprint density at radius 3 is 2.39 bits per heavy atom. The van der Waals surface area contributed by atoms with Crippen molar-refractivity contribution < 1.29 is 38.4 Å². The quantitative estimate of drug-likeness (QED) is 0.193. The molecule has 0 unspecified atom stereocenters. The number of benzene rings is 2. The SMILES string of the molecule is COc1ccc(COC(=O)C2=C([C@@H]3CCN(C)O3)[C@H](C)[C@@H]3[C@@H]([C@@H](C)OC(=O)c4ccc([N+](=O)[O-])cc4)C(=O)N23)cc1. The van der Waals surface area contributed by atoms with Crippen LogP contribution in [-0.2, 0) is 30.5 Å². The maximum absolute atomic E-state index is 13.5. The van der Waals surface area contributed by atoms with Crippen molar-refractivity contribution >= 4 is 23.5 Å². The molecule has 0 bridgehead atoms. The van der Waals surface area contributed by atoms with E-state index < -0.39 is 41.0 Å². The first-order valence-electron chi connectivity index (χ1n) is 13.3. The summed E-state index contributed by atoms with van der Waals surface area (Å²) in [5.74, 6) is -1.92. The van der Waals surface area contributed by atoms with Gasteiger partial charge in [0.1, 0.15) is 30.3 Å². The Balaban J connectivity index is 1.33. The van der Waals surface area contributed by atoms with Crippen molar-refractivity contribution in [3.05, 3.63) is 81.0 Å². The fourth-order valence-corrected chi connectivity index (χ4v) is 5.81. The van der Waals surface area contributed by atoms with Crippen molar-refractivity contribution in [3.8, 4) is 5.75 Å². The molecule has 2 saturated heterocycles. The molecule has 2 fully saturated rings. The summed E-state index contributed by atoms with van der Waals surface area (Å²) < 4.78 is 16.5. The molecule has 2 aromatic rings. The Kier molecular flexibility index (Phi) is 7.78. The smallest absolute Gasteiger partial charge is 0.355 e. The summed E-state index contributed by atoms with van der Waals surface area (Å²) in [7, 11) is 3.38. The van der Waals surface area contributed by atoms with Gasteiger partial charge in [0.05, 0.1) is 29.6 Å². The average Bonchev–Trinajstić information content (AvgIpc) is 3.50. The maximum atomic E-state index is 13.5. The molecular formula is C29H31N3O9. The Hall–Kier alpha value is -4.29. The number of nitro groups is 1. The van der Waals surface area contributed by atoms with Gasteiger partial charge in [-0.05, 0) is 48.7 Å². The number of hydrogen-bond acceptors (Lipinski definition) is 10. The van der Waals surface area contributed by atoms with Gasteiger partial charge in [0, 0.05) is 31.6 Å². The summed E-state index contributed by atoms with van der Waals surface area (Å²) in [6.45, 7) is 4.25. The van der Waals surface area contributed by atoms with Gasteiger partial charge in [0.15, 0.2) is 0 Å². The van der Waals surface area contributed by atoms with Crippen molar-refractivity contribution in [2.45, 2.75) is 45.1 Å². The number of hydroxylamine groups is 2. The number of nitrogens with zero attached hydrogens (tertiary/aromatic N) is 3. The van der Waals surface area contributed by atoms with Crippen LogP contribution < -0.4 is 4.74 Å². The van der Waals surface area contributed by atoms with Crippen LogP contribution in [0.4, 0.5) is 5.69 Å². The van der Waals surface area contributed by atoms with Crippen LogP contribution >= 0.6 is 0 Å². The highest BCUT2D eigenvalue weighted by Crippen LogP contribution is 2.50. The fraction of sp³-hybridized carbons (Fsp3) is 0.414. The number of non-ortho nitro benzene ring substituents is 1. The van der Waals surface area contributed by atoms with Gasteiger partial charge in [0.2, 0.25) is 5.91 Å². The minimum absolute atomic E-state index is 0.0127. The number of β-lactam (4-membered cyclic amide) rings is 1. The molecule has 5 atom stereocenters. The molecule has 0 saturated carbocycles. The Morgan fingerprint density at radius 1 is 1.12 bits per heavy atom. The van der Waals surface area contributed by atoms with Gasteiger partial charge in [-0.15, -0.1) is 0 Å². The number of hydrogen-bond donors (Lipinski definition) is 0. The van der Waals surface area contributed by atoms with E-state index in [1.807, 2.05) is 14.0 Å². The molecule has 0 aliphatic carbocycles. The second-order valence-electron chi connectivity index (χ2n) is 10.4. The third kappa shape index (κ3) is 5.27. The molecule has 0 radical (unpaired) electrons. The number of nitro benzene ring substituents is 1. The van der Waals surface area contributed by atoms with E-state index >= 15 is 0 Å². The molecule has 12 heteroatoms. The lowest BCUT2D eigenvalue weighted by molar-refractivity contribution is -0.384. The predicted molar refractivity (Wildman–Crippen MR) is 143 cm³/mol. The first kappa shape index (κ1) is 28.2. The molecule has 1 amide bonds. The number of rotatable bonds is 9. The van der Waals surface area contributed by atoms with Gasteiger partial charge in [-0.25, -0.2) is 9.59 Å². The normalized spacial score (nSPS) is 24.5. The van der Waals surface area contributed by atoms with E-state index in [9.17, 15) is 24.5 Å². The molecule has 216 valence electrons. The first-order chi connectivity index (χ1) is 19.6. The second-order valence-corrected chi connectivity index (χ2v) is 10.4. The minimum atomic E-state index is -0.808. The summed E-state index contributed by atoms with van der Waals surface area (Å²) >= 11 is 0. The van der Waals surface area contributed by atoms with Gasteiger partial charge in [-0.1, -0.05) is 19.1 Å². The van der Waals surface area contributed by atoms with Gasteiger partial charge >= 0.3 is 11.9 Å². The van der Waals surface area contributed by atoms with Crippen molar-refractivity contribution in [2.24, 2.45) is 11.8 Å². The number of esters is 2. The number of amides is 1. The molecular weight excluding hydrogens is 534 g/mol. The van der Waals surface area contributed by atoms with E-state index in [0.717, 1.165) is 5.56 Å². The highest BCUT2D eigenvalue weighted by atomic mass is 16.7. The molecule has 5 rings (SSSR count). The van der Waals surface area contributed by atoms with E-state index in [1.54, 1.807) is 43.4 Å². The molecule has 0 aromatic heterocycles. The molecule has 2 aromatic carbocycles. The number of carbonyl (C=O) groups is 3. The van der Waals surface area contributed by atoms with E-state index in [-0.39, 0.29) is 35.4 Å². The summed E-state index contributed by atoms with van der Waals surface area (Å²) in [5.41, 5.74) is 1.63. The van der Waals surface area contributed by atoms with Crippen molar-refractivity contribution in [1.82, 2.24) is 9.96 Å². The standard InChI is InChI=1S/C29H31N3O9/c1-16-23(22-13-14-30(3)41-22)26(29(35)39-15-18-5-11-21(38-4)12-6-18)31-25(16)24(27(31)33)17(2)40-28(34)19-7-9-20(10-8-19)32(36)37/h5-12,16-17,22,24-25H,13-15H2,1-4H3/t16-,17+,22-,24+,25+/m0/s1. The van der Waals surface area contributed by atoms with Crippen LogP contribution in [0, 0.1) is 22.0 Å². The molecule has 3 aliphatic rings. The summed E-state index contributed by atoms with van der Waals surface area (Å²) in [5, 5.41) is 12.6. The summed E-state index contributed by atoms with van der Waals surface area (Å²) in [6, 6.07) is 11.8. The lowest BCUT2D eigenvalue weighted by atomic mass is 9.77. The van der Waals surface area contributed by atoms with Crippen molar-refractivity contribution in [2.75, 3.05) is 20.7 Å². The van der Waals surface area contributed by atoms with Crippen LogP contribution in [0.25, 0.3) is 0 Å². The number of ether oxygens (including phenoxy) is 3. The molecule has 41 heavy (non-hydrogen) atoms. The van der Waals surface area contributed by atoms with E-state index in [4.69, 9.17) is 19.0 Å². The highest BCUT2D eigenvalue weighted by Gasteiger charge is 2.62. The zero-order valence-corrected chi connectivity index (χ0v) is 23.1. The van der Waals surface area contributed by atoms with Gasteiger partial charge in [-0.2, -0.15) is 5.06 Å². The molecule has 3 aliphatic heterocycles. The molecule has 12 nitrogen and oxygen atoms in total. The van der Waals surface area contributed by atoms with Crippen LogP contribution in [0.2, 0.25) is 0 Å². The van der Waals surface area contributed by atoms with E-state index in [1.165, 1.54) is 29.2 Å². The van der Waals surface area contributed by atoms with Crippen LogP contribution in [0.15, 0.2) is 59.8 Å². The Morgan fingerprint density at radius 2 is 1.80 bits per heavy atom. The molecule has 0 N–H and O–H groups in total. The van der Waals surface area contributed by atoms with Gasteiger partial charge in [-0.3, -0.25) is 19.7 Å². The minimum Gasteiger partial charge on any atom is -0.497 e. The predicted octanol–water partition coefficient (Wildman–Crippen LogP) is 3.26. The van der Waals surface area contributed by atoms with E-state index in [0.29, 0.717) is 24.3 Å². The first-order valence-corrected chi connectivity index (χ1v) is 13.3. The summed E-state index contributed by atoms with van der Waals surface area (Å²) in [6.07, 6.45) is -0.553. The lowest BCUT2D eigenvalue weighted by Gasteiger charge is -2.47. The summed E-state index contributed by atoms with van der Waals surface area (Å²) in [4.78, 5) is 57.5. The fourth-order valence-electron chi connectivity index (χ4n) is 5.81. The third-order valence-electron chi connectivity index (χ3n) is 7.90. The lowest BCUT2D eigenvalue weighted by Crippen LogP contribution is -2.64. The van der Waals surface area contributed by atoms with Crippen LogP contribution in [-0.4, -0.2) is 71.7 Å². The number of carbonyl (C=O) groups excluding carboxylic acids is 3. The molecule has 0 spiro atoms. The van der Waals surface area contributed by atoms with Gasteiger partial charge < -0.3 is 19.1 Å². The third-order valence-corrected chi connectivity index (χ3v) is 7.90. The molecule has 3 heterocycles. The van der Waals surface area contributed by atoms with Crippen molar-refractivity contribution in [1.29, 1.82) is 0 Å². The zero-order valence-electron chi connectivity index (χ0n) is 23.1. The maximum Gasteiger partial charge on any atom is 0.355 e. The topological polar surface area (TPSA) is 138 Å². The van der Waals surface area contributed by atoms with Crippen LogP contribution in [0.5, 0.6) is 5.75 Å². The second kappa shape index (κ2) is 11.3.